The number of nitrogens with zero attached hydrogens (tertiary/aromatic N) is 3. The van der Waals surface area contributed by atoms with Crippen LogP contribution in [0.15, 0.2) is 154 Å². The maximum Gasteiger partial charge on any atom is 0.164 e. The minimum atomic E-state index is 0.0422. The molecule has 0 saturated heterocycles. The minimum absolute atomic E-state index is 0.0422. The van der Waals surface area contributed by atoms with E-state index in [9.17, 15) is 0 Å². The van der Waals surface area contributed by atoms with Gasteiger partial charge in [0.15, 0.2) is 11.6 Å². The van der Waals surface area contributed by atoms with Crippen molar-refractivity contribution >= 4 is 54.6 Å². The third-order valence-electron chi connectivity index (χ3n) is 9.43. The molecule has 0 fully saturated rings. The van der Waals surface area contributed by atoms with Gasteiger partial charge in [-0.1, -0.05) is 109 Å². The summed E-state index contributed by atoms with van der Waals surface area (Å²) < 4.78 is 12.7. The van der Waals surface area contributed by atoms with Crippen LogP contribution in [0.4, 0.5) is 0 Å². The number of benzene rings is 6. The second-order valence-electron chi connectivity index (χ2n) is 12.3. The molecule has 226 valence electrons. The van der Waals surface area contributed by atoms with E-state index in [0.29, 0.717) is 11.6 Å². The number of hydrogen-bond acceptors (Lipinski definition) is 5. The van der Waals surface area contributed by atoms with Crippen LogP contribution in [0.2, 0.25) is 0 Å². The zero-order chi connectivity index (χ0) is 31.6. The molecule has 1 unspecified atom stereocenters. The standard InChI is InChI=1S/C43H27N3O2/c1-2-11-27(12-3-1)41-44-42(33-15-8-18-36-39(33)31-14-6-7-17-35(31)47-36)46-43(45-41)34-16-9-19-37-40(34)32-23-22-30(25-38(32)48-37)29-21-20-26-10-4-5-13-28(26)24-29/h1-11,13-25,27H,12H2. The number of allylic oxidation sites excluding steroid dienone is 4. The third kappa shape index (κ3) is 4.28. The van der Waals surface area contributed by atoms with Gasteiger partial charge in [-0.2, -0.15) is 0 Å². The Morgan fingerprint density at radius 1 is 0.500 bits per heavy atom. The monoisotopic (exact) mass is 617 g/mol. The lowest BCUT2D eigenvalue weighted by molar-refractivity contribution is 0.668. The van der Waals surface area contributed by atoms with Crippen LogP contribution in [0.5, 0.6) is 0 Å². The van der Waals surface area contributed by atoms with Crippen molar-refractivity contribution in [3.63, 3.8) is 0 Å². The molecule has 0 spiro atoms. The number of aromatic nitrogens is 3. The molecule has 9 aromatic rings. The number of fused-ring (bicyclic) bond motifs is 7. The number of hydrogen-bond donors (Lipinski definition) is 0. The van der Waals surface area contributed by atoms with Gasteiger partial charge in [-0.3, -0.25) is 0 Å². The van der Waals surface area contributed by atoms with E-state index in [1.807, 2.05) is 42.5 Å². The molecule has 0 bridgehead atoms. The highest BCUT2D eigenvalue weighted by molar-refractivity contribution is 6.13. The van der Waals surface area contributed by atoms with E-state index in [1.165, 1.54) is 10.8 Å². The number of para-hydroxylation sites is 1. The third-order valence-corrected chi connectivity index (χ3v) is 9.43. The summed E-state index contributed by atoms with van der Waals surface area (Å²) in [5.41, 5.74) is 7.36. The van der Waals surface area contributed by atoms with Crippen molar-refractivity contribution in [3.05, 3.63) is 151 Å². The molecule has 0 amide bonds. The molecule has 3 aromatic heterocycles. The Hall–Kier alpha value is -6.33. The molecule has 1 atom stereocenters. The smallest absolute Gasteiger partial charge is 0.164 e. The highest BCUT2D eigenvalue weighted by atomic mass is 16.3. The Balaban J connectivity index is 1.17. The molecule has 0 saturated carbocycles. The van der Waals surface area contributed by atoms with E-state index < -0.39 is 0 Å². The lowest BCUT2D eigenvalue weighted by atomic mass is 9.98. The molecule has 5 heteroatoms. The van der Waals surface area contributed by atoms with E-state index in [0.717, 1.165) is 78.4 Å². The predicted octanol–water partition coefficient (Wildman–Crippen LogP) is 11.4. The second-order valence-corrected chi connectivity index (χ2v) is 12.3. The van der Waals surface area contributed by atoms with Crippen molar-refractivity contribution in [1.29, 1.82) is 0 Å². The first-order valence-corrected chi connectivity index (χ1v) is 16.2. The van der Waals surface area contributed by atoms with E-state index in [4.69, 9.17) is 23.8 Å². The zero-order valence-corrected chi connectivity index (χ0v) is 25.8. The van der Waals surface area contributed by atoms with Gasteiger partial charge in [0.05, 0.1) is 0 Å². The SMILES string of the molecule is C1=CCC(c2nc(-c3cccc4oc5ccccc5c34)nc(-c3cccc4oc5cc(-c6ccc7ccccc7c6)ccc5c34)n2)C=C1. The molecule has 10 rings (SSSR count). The van der Waals surface area contributed by atoms with E-state index in [-0.39, 0.29) is 5.92 Å². The first-order chi connectivity index (χ1) is 23.8. The molecule has 1 aliphatic rings. The van der Waals surface area contributed by atoms with Gasteiger partial charge < -0.3 is 8.83 Å². The summed E-state index contributed by atoms with van der Waals surface area (Å²) in [6.45, 7) is 0. The van der Waals surface area contributed by atoms with Crippen molar-refractivity contribution in [2.75, 3.05) is 0 Å². The van der Waals surface area contributed by atoms with Crippen LogP contribution < -0.4 is 0 Å². The van der Waals surface area contributed by atoms with Crippen molar-refractivity contribution in [2.45, 2.75) is 12.3 Å². The van der Waals surface area contributed by atoms with Crippen LogP contribution in [0.25, 0.3) is 88.6 Å². The lowest BCUT2D eigenvalue weighted by Gasteiger charge is -2.15. The Morgan fingerprint density at radius 3 is 1.92 bits per heavy atom. The van der Waals surface area contributed by atoms with Crippen LogP contribution in [-0.4, -0.2) is 15.0 Å². The predicted molar refractivity (Wildman–Crippen MR) is 194 cm³/mol. The van der Waals surface area contributed by atoms with Gasteiger partial charge in [-0.25, -0.2) is 15.0 Å². The molecule has 1 aliphatic carbocycles. The van der Waals surface area contributed by atoms with Gasteiger partial charge in [-0.05, 0) is 64.7 Å². The van der Waals surface area contributed by atoms with Gasteiger partial charge in [-0.15, -0.1) is 0 Å². The second kappa shape index (κ2) is 10.6. The lowest BCUT2D eigenvalue weighted by Crippen LogP contribution is -2.08. The summed E-state index contributed by atoms with van der Waals surface area (Å²) in [6.07, 6.45) is 9.30. The van der Waals surface area contributed by atoms with Gasteiger partial charge in [0.2, 0.25) is 0 Å². The first kappa shape index (κ1) is 26.8. The quantitative estimate of drug-likeness (QED) is 0.197. The fourth-order valence-corrected chi connectivity index (χ4v) is 7.09. The molecule has 0 radical (unpaired) electrons. The molecule has 5 nitrogen and oxygen atoms in total. The van der Waals surface area contributed by atoms with Gasteiger partial charge in [0, 0.05) is 38.6 Å². The van der Waals surface area contributed by atoms with Gasteiger partial charge >= 0.3 is 0 Å². The van der Waals surface area contributed by atoms with Crippen LogP contribution >= 0.6 is 0 Å². The molecule has 0 aliphatic heterocycles. The summed E-state index contributed by atoms with van der Waals surface area (Å²) in [7, 11) is 0. The Morgan fingerprint density at radius 2 is 1.15 bits per heavy atom. The Bertz CT molecular complexity index is 2780. The van der Waals surface area contributed by atoms with Crippen molar-refractivity contribution in [1.82, 2.24) is 15.0 Å². The molecule has 3 heterocycles. The number of rotatable bonds is 4. The molecule has 0 N–H and O–H groups in total. The fourth-order valence-electron chi connectivity index (χ4n) is 7.09. The molecular weight excluding hydrogens is 590 g/mol. The normalized spacial score (nSPS) is 14.6. The van der Waals surface area contributed by atoms with Crippen molar-refractivity contribution < 1.29 is 8.83 Å². The largest absolute Gasteiger partial charge is 0.456 e. The summed E-state index contributed by atoms with van der Waals surface area (Å²) in [6, 6.07) is 41.8. The summed E-state index contributed by atoms with van der Waals surface area (Å²) in [5, 5.41) is 6.50. The fraction of sp³-hybridized carbons (Fsp3) is 0.0465. The first-order valence-electron chi connectivity index (χ1n) is 16.2. The van der Waals surface area contributed by atoms with E-state index >= 15 is 0 Å². The Labute approximate surface area is 275 Å². The van der Waals surface area contributed by atoms with Gasteiger partial charge in [0.25, 0.3) is 0 Å². The van der Waals surface area contributed by atoms with Crippen molar-refractivity contribution in [2.24, 2.45) is 0 Å². The topological polar surface area (TPSA) is 65.0 Å². The van der Waals surface area contributed by atoms with Crippen LogP contribution in [-0.2, 0) is 0 Å². The van der Waals surface area contributed by atoms with E-state index in [2.05, 4.69) is 103 Å². The maximum atomic E-state index is 6.52. The number of furan rings is 2. The van der Waals surface area contributed by atoms with Crippen molar-refractivity contribution in [3.8, 4) is 33.9 Å². The summed E-state index contributed by atoms with van der Waals surface area (Å²) >= 11 is 0. The minimum Gasteiger partial charge on any atom is -0.456 e. The molecular formula is C43H27N3O2. The maximum absolute atomic E-state index is 6.52. The van der Waals surface area contributed by atoms with Gasteiger partial charge in [0.1, 0.15) is 28.2 Å². The van der Waals surface area contributed by atoms with Crippen LogP contribution in [0.1, 0.15) is 18.2 Å². The molecule has 6 aromatic carbocycles. The summed E-state index contributed by atoms with van der Waals surface area (Å²) in [5.74, 6) is 2.03. The molecule has 48 heavy (non-hydrogen) atoms. The summed E-state index contributed by atoms with van der Waals surface area (Å²) in [4.78, 5) is 15.4. The average Bonchev–Trinajstić information content (AvgIpc) is 3.73. The Kier molecular flexibility index (Phi) is 5.93. The highest BCUT2D eigenvalue weighted by Gasteiger charge is 2.22. The van der Waals surface area contributed by atoms with Crippen LogP contribution in [0, 0.1) is 0 Å². The van der Waals surface area contributed by atoms with Crippen LogP contribution in [0.3, 0.4) is 0 Å². The van der Waals surface area contributed by atoms with E-state index in [1.54, 1.807) is 0 Å². The average molecular weight is 618 g/mol. The zero-order valence-electron chi connectivity index (χ0n) is 25.8. The highest BCUT2D eigenvalue weighted by Crippen LogP contribution is 2.40.